The lowest BCUT2D eigenvalue weighted by Gasteiger charge is -2.31. The Morgan fingerprint density at radius 3 is 2.92 bits per heavy atom. The molecule has 0 aromatic carbocycles. The number of nitrogens with zero attached hydrogens (tertiary/aromatic N) is 4. The molecule has 2 aromatic rings. The van der Waals surface area contributed by atoms with Gasteiger partial charge in [-0.3, -0.25) is 0 Å². The molecule has 0 aliphatic carbocycles. The van der Waals surface area contributed by atoms with Crippen molar-refractivity contribution in [3.05, 3.63) is 18.1 Å². The molecular formula is C14H20N6O4. The second kappa shape index (κ2) is 6.06. The molecule has 10 nitrogen and oxygen atoms in total. The fourth-order valence-electron chi connectivity index (χ4n) is 3.17. The molecule has 24 heavy (non-hydrogen) atoms. The topological polar surface area (TPSA) is 152 Å². The van der Waals surface area contributed by atoms with Crippen molar-refractivity contribution in [1.82, 2.24) is 14.5 Å². The second-order valence-electron chi connectivity index (χ2n) is 5.88. The zero-order valence-electron chi connectivity index (χ0n) is 13.4. The molecule has 3 rings (SSSR count). The van der Waals surface area contributed by atoms with E-state index in [0.717, 1.165) is 0 Å². The molecule has 130 valence electrons. The smallest absolute Gasteiger partial charge is 0.167 e. The number of anilines is 1. The molecule has 1 saturated heterocycles. The van der Waals surface area contributed by atoms with Crippen LogP contribution in [-0.2, 0) is 16.0 Å². The Labute approximate surface area is 137 Å². The molecule has 0 bridgehead atoms. The molecule has 2 unspecified atom stereocenters. The van der Waals surface area contributed by atoms with Gasteiger partial charge in [-0.25, -0.2) is 15.5 Å². The van der Waals surface area contributed by atoms with Gasteiger partial charge in [0.25, 0.3) is 0 Å². The lowest BCUT2D eigenvalue weighted by molar-refractivity contribution is -0.118. The molecule has 1 aliphatic rings. The van der Waals surface area contributed by atoms with Crippen molar-refractivity contribution >= 4 is 16.9 Å². The Hall–Kier alpha value is -2.14. The number of nitrogens with one attached hydrogen (secondary N) is 1. The molecule has 0 radical (unpaired) electrons. The van der Waals surface area contributed by atoms with Crippen molar-refractivity contribution in [2.45, 2.75) is 37.5 Å². The molecule has 1 fully saturated rings. The van der Waals surface area contributed by atoms with Crippen LogP contribution in [0.4, 0.5) is 5.82 Å². The van der Waals surface area contributed by atoms with Crippen LogP contribution in [0.15, 0.2) is 17.6 Å². The summed E-state index contributed by atoms with van der Waals surface area (Å²) in [6.45, 7) is 1.47. The lowest BCUT2D eigenvalue weighted by Crippen LogP contribution is -2.46. The maximum absolute atomic E-state index is 10.4. The van der Waals surface area contributed by atoms with Gasteiger partial charge < -0.3 is 30.0 Å². The molecule has 4 atom stereocenters. The number of nitrogen functional groups attached to an aromatic ring is 1. The fourth-order valence-corrected chi connectivity index (χ4v) is 3.17. The first kappa shape index (κ1) is 16.7. The van der Waals surface area contributed by atoms with Crippen LogP contribution in [0.25, 0.3) is 11.0 Å². The van der Waals surface area contributed by atoms with E-state index in [0.29, 0.717) is 16.6 Å². The monoisotopic (exact) mass is 336 g/mol. The van der Waals surface area contributed by atoms with E-state index in [1.807, 2.05) is 0 Å². The maximum atomic E-state index is 10.4. The fraction of sp³-hybridized carbons (Fsp3) is 0.571. The molecule has 1 aliphatic heterocycles. The number of fused-ring (bicyclic) bond motifs is 1. The molecule has 3 heterocycles. The van der Waals surface area contributed by atoms with Gasteiger partial charge in [-0.15, -0.1) is 0 Å². The SMILES string of the molecule is CO[C@]1(C)C(O)C(CO)O[C@H]1n1cc(CN=N)c2c(N)ncnc21. The molecule has 2 aromatic heterocycles. The Morgan fingerprint density at radius 1 is 1.54 bits per heavy atom. The lowest BCUT2D eigenvalue weighted by atomic mass is 9.96. The summed E-state index contributed by atoms with van der Waals surface area (Å²) in [5.74, 6) is 0.272. The number of ether oxygens (including phenoxy) is 2. The van der Waals surface area contributed by atoms with E-state index in [4.69, 9.17) is 20.7 Å². The van der Waals surface area contributed by atoms with Gasteiger partial charge in [0.15, 0.2) is 6.23 Å². The Morgan fingerprint density at radius 2 is 2.29 bits per heavy atom. The second-order valence-corrected chi connectivity index (χ2v) is 5.88. The normalized spacial score (nSPS) is 30.1. The predicted molar refractivity (Wildman–Crippen MR) is 83.2 cm³/mol. The van der Waals surface area contributed by atoms with Crippen LogP contribution in [0.5, 0.6) is 0 Å². The maximum Gasteiger partial charge on any atom is 0.167 e. The first-order chi connectivity index (χ1) is 11.5. The summed E-state index contributed by atoms with van der Waals surface area (Å²) in [6, 6.07) is 0. The third kappa shape index (κ3) is 2.26. The van der Waals surface area contributed by atoms with Gasteiger partial charge in [-0.05, 0) is 6.92 Å². The van der Waals surface area contributed by atoms with E-state index in [9.17, 15) is 10.2 Å². The first-order valence-corrected chi connectivity index (χ1v) is 7.40. The van der Waals surface area contributed by atoms with E-state index < -0.39 is 24.0 Å². The van der Waals surface area contributed by atoms with Gasteiger partial charge in [0, 0.05) is 18.9 Å². The van der Waals surface area contributed by atoms with E-state index in [-0.39, 0.29) is 19.0 Å². The van der Waals surface area contributed by atoms with Crippen LogP contribution in [0.2, 0.25) is 0 Å². The minimum absolute atomic E-state index is 0.115. The molecule has 5 N–H and O–H groups in total. The van der Waals surface area contributed by atoms with E-state index in [1.165, 1.54) is 13.4 Å². The highest BCUT2D eigenvalue weighted by Crippen LogP contribution is 2.42. The number of rotatable bonds is 5. The quantitative estimate of drug-likeness (QED) is 0.569. The zero-order valence-corrected chi connectivity index (χ0v) is 13.4. The number of methoxy groups -OCH3 is 1. The van der Waals surface area contributed by atoms with E-state index in [2.05, 4.69) is 15.1 Å². The van der Waals surface area contributed by atoms with Crippen LogP contribution in [0.1, 0.15) is 18.7 Å². The number of hydrogen-bond acceptors (Lipinski definition) is 9. The average Bonchev–Trinajstić information content (AvgIpc) is 3.06. The van der Waals surface area contributed by atoms with Crippen molar-refractivity contribution in [3.63, 3.8) is 0 Å². The number of hydrogen-bond donors (Lipinski definition) is 4. The summed E-state index contributed by atoms with van der Waals surface area (Å²) in [5.41, 5.74) is 13.1. The summed E-state index contributed by atoms with van der Waals surface area (Å²) in [6.07, 6.45) is 0.474. The largest absolute Gasteiger partial charge is 0.394 e. The molecule has 10 heteroatoms. The highest BCUT2D eigenvalue weighted by atomic mass is 16.6. The van der Waals surface area contributed by atoms with Crippen LogP contribution in [-0.4, -0.2) is 56.3 Å². The summed E-state index contributed by atoms with van der Waals surface area (Å²) in [7, 11) is 1.47. The Bertz CT molecular complexity index is 765. The van der Waals surface area contributed by atoms with Crippen molar-refractivity contribution in [2.75, 3.05) is 19.5 Å². The van der Waals surface area contributed by atoms with E-state index in [1.54, 1.807) is 17.7 Å². The van der Waals surface area contributed by atoms with Gasteiger partial charge >= 0.3 is 0 Å². The summed E-state index contributed by atoms with van der Waals surface area (Å²) in [5, 5.41) is 23.9. The van der Waals surface area contributed by atoms with Crippen molar-refractivity contribution in [1.29, 1.82) is 5.53 Å². The summed E-state index contributed by atoms with van der Waals surface area (Å²) in [4.78, 5) is 8.24. The number of aromatic nitrogens is 3. The molecule has 0 spiro atoms. The van der Waals surface area contributed by atoms with Gasteiger partial charge in [-0.2, -0.15) is 5.11 Å². The highest BCUT2D eigenvalue weighted by molar-refractivity contribution is 5.89. The highest BCUT2D eigenvalue weighted by Gasteiger charge is 2.54. The number of aliphatic hydroxyl groups is 2. The zero-order chi connectivity index (χ0) is 17.5. The summed E-state index contributed by atoms with van der Waals surface area (Å²) >= 11 is 0. The van der Waals surface area contributed by atoms with E-state index >= 15 is 0 Å². The minimum Gasteiger partial charge on any atom is -0.394 e. The van der Waals surface area contributed by atoms with Crippen LogP contribution >= 0.6 is 0 Å². The van der Waals surface area contributed by atoms with Crippen molar-refractivity contribution < 1.29 is 19.7 Å². The summed E-state index contributed by atoms with van der Waals surface area (Å²) < 4.78 is 13.0. The van der Waals surface area contributed by atoms with Crippen LogP contribution in [0.3, 0.4) is 0 Å². The standard InChI is InChI=1S/C14H20N6O4/c1-14(23-2)10(22)8(5-21)24-13(14)20-4-7(3-19-16)9-11(15)17-6-18-12(9)20/h4,6,8,10,13,16,21-22H,3,5H2,1-2H3,(H2,15,17,18)/t8?,10?,13-,14-/m1/s1. The number of nitrogens with two attached hydrogens (primary N) is 1. The molecule has 0 saturated carbocycles. The third-order valence-electron chi connectivity index (χ3n) is 4.57. The minimum atomic E-state index is -1.10. The third-order valence-corrected chi connectivity index (χ3v) is 4.57. The Balaban J connectivity index is 2.19. The Kier molecular flexibility index (Phi) is 4.22. The van der Waals surface area contributed by atoms with Crippen LogP contribution in [0, 0.1) is 5.53 Å². The van der Waals surface area contributed by atoms with Gasteiger partial charge in [0.2, 0.25) is 0 Å². The molecular weight excluding hydrogens is 316 g/mol. The van der Waals surface area contributed by atoms with Crippen molar-refractivity contribution in [2.24, 2.45) is 5.11 Å². The number of aliphatic hydroxyl groups excluding tert-OH is 2. The van der Waals surface area contributed by atoms with Crippen LogP contribution < -0.4 is 5.73 Å². The van der Waals surface area contributed by atoms with Crippen molar-refractivity contribution in [3.8, 4) is 0 Å². The van der Waals surface area contributed by atoms with Gasteiger partial charge in [0.05, 0.1) is 18.5 Å². The average molecular weight is 336 g/mol. The van der Waals surface area contributed by atoms with Gasteiger partial charge in [-0.1, -0.05) is 0 Å². The van der Waals surface area contributed by atoms with Gasteiger partial charge in [0.1, 0.15) is 35.6 Å². The predicted octanol–water partition coefficient (Wildman–Crippen LogP) is 0.200. The molecule has 0 amide bonds. The first-order valence-electron chi connectivity index (χ1n) is 7.40.